The van der Waals surface area contributed by atoms with E-state index < -0.39 is 10.0 Å². The van der Waals surface area contributed by atoms with Gasteiger partial charge in [0.2, 0.25) is 10.0 Å². The van der Waals surface area contributed by atoms with Gasteiger partial charge in [0.05, 0.1) is 6.26 Å². The van der Waals surface area contributed by atoms with Crippen LogP contribution in [0.3, 0.4) is 0 Å². The lowest BCUT2D eigenvalue weighted by molar-refractivity contribution is 0.0619. The molecule has 1 saturated heterocycles. The minimum Gasteiger partial charge on any atom is -0.336 e. The van der Waals surface area contributed by atoms with E-state index in [9.17, 15) is 18.0 Å². The summed E-state index contributed by atoms with van der Waals surface area (Å²) < 4.78 is 25.3. The van der Waals surface area contributed by atoms with Crippen LogP contribution in [0.2, 0.25) is 0 Å². The number of carbonyl (C=O) groups excluding carboxylic acids is 2. The molecule has 0 bridgehead atoms. The van der Waals surface area contributed by atoms with Crippen molar-refractivity contribution in [2.45, 2.75) is 45.2 Å². The molecule has 1 aliphatic heterocycles. The highest BCUT2D eigenvalue weighted by atomic mass is 32.2. The Balaban J connectivity index is 2.10. The normalized spacial score (nSPS) is 17.6. The number of nitrogens with zero attached hydrogens (tertiary/aromatic N) is 1. The Bertz CT molecular complexity index is 779. The lowest BCUT2D eigenvalue weighted by Gasteiger charge is -2.36. The topological polar surface area (TPSA) is 108 Å². The molecule has 1 atom stereocenters. The van der Waals surface area contributed by atoms with E-state index in [1.807, 2.05) is 13.8 Å². The highest BCUT2D eigenvalue weighted by molar-refractivity contribution is 7.88. The fourth-order valence-electron chi connectivity index (χ4n) is 3.05. The highest BCUT2D eigenvalue weighted by Crippen LogP contribution is 2.21. The Labute approximate surface area is 160 Å². The van der Waals surface area contributed by atoms with E-state index in [4.69, 9.17) is 0 Å². The number of piperidine rings is 1. The van der Waals surface area contributed by atoms with Crippen molar-refractivity contribution in [1.82, 2.24) is 14.9 Å². The molecule has 0 radical (unpaired) electrons. The number of urea groups is 1. The molecule has 1 fully saturated rings. The van der Waals surface area contributed by atoms with Crippen molar-refractivity contribution < 1.29 is 18.0 Å². The fraction of sp³-hybridized carbons (Fsp3) is 0.556. The maximum absolute atomic E-state index is 13.0. The second-order valence-electron chi connectivity index (χ2n) is 7.10. The van der Waals surface area contributed by atoms with Crippen molar-refractivity contribution in [2.24, 2.45) is 0 Å². The van der Waals surface area contributed by atoms with Crippen LogP contribution in [-0.4, -0.2) is 56.7 Å². The lowest BCUT2D eigenvalue weighted by atomic mass is 10.0. The van der Waals surface area contributed by atoms with Gasteiger partial charge in [-0.25, -0.2) is 17.9 Å². The summed E-state index contributed by atoms with van der Waals surface area (Å²) in [5.41, 5.74) is 0.991. The molecule has 0 spiro atoms. The van der Waals surface area contributed by atoms with Gasteiger partial charge in [-0.15, -0.1) is 0 Å². The van der Waals surface area contributed by atoms with Gasteiger partial charge in [0, 0.05) is 36.4 Å². The zero-order chi connectivity index (χ0) is 20.0. The Morgan fingerprint density at radius 3 is 2.67 bits per heavy atom. The van der Waals surface area contributed by atoms with Crippen LogP contribution in [0.25, 0.3) is 0 Å². The van der Waals surface area contributed by atoms with Crippen molar-refractivity contribution >= 4 is 27.6 Å². The van der Waals surface area contributed by atoms with Crippen LogP contribution in [0.5, 0.6) is 0 Å². The van der Waals surface area contributed by atoms with E-state index in [0.29, 0.717) is 17.8 Å². The Morgan fingerprint density at radius 2 is 2.00 bits per heavy atom. The molecule has 0 aliphatic carbocycles. The van der Waals surface area contributed by atoms with Crippen molar-refractivity contribution in [1.29, 1.82) is 0 Å². The van der Waals surface area contributed by atoms with Crippen LogP contribution in [0.15, 0.2) is 24.3 Å². The fourth-order valence-corrected chi connectivity index (χ4v) is 3.55. The largest absolute Gasteiger partial charge is 0.336 e. The van der Waals surface area contributed by atoms with Gasteiger partial charge in [-0.1, -0.05) is 6.07 Å². The number of amides is 3. The predicted octanol–water partition coefficient (Wildman–Crippen LogP) is 1.76. The minimum absolute atomic E-state index is 0.00580. The molecule has 0 saturated carbocycles. The molecular weight excluding hydrogens is 368 g/mol. The third-order valence-electron chi connectivity index (χ3n) is 4.26. The summed E-state index contributed by atoms with van der Waals surface area (Å²) in [6.07, 6.45) is 3.70. The number of sulfonamides is 1. The van der Waals surface area contributed by atoms with Crippen LogP contribution >= 0.6 is 0 Å². The molecular formula is C18H28N4O4S. The molecule has 2 rings (SSSR count). The van der Waals surface area contributed by atoms with Crippen molar-refractivity contribution in [3.05, 3.63) is 29.8 Å². The molecule has 0 unspecified atom stereocenters. The summed E-state index contributed by atoms with van der Waals surface area (Å²) in [6, 6.07) is 6.26. The second kappa shape index (κ2) is 9.18. The molecule has 1 aromatic rings. The summed E-state index contributed by atoms with van der Waals surface area (Å²) in [5.74, 6) is -0.164. The first kappa shape index (κ1) is 21.2. The zero-order valence-corrected chi connectivity index (χ0v) is 16.8. The summed E-state index contributed by atoms with van der Waals surface area (Å²) >= 11 is 0. The van der Waals surface area contributed by atoms with E-state index in [1.54, 1.807) is 29.2 Å². The quantitative estimate of drug-likeness (QED) is 0.681. The van der Waals surface area contributed by atoms with E-state index in [2.05, 4.69) is 15.4 Å². The van der Waals surface area contributed by atoms with E-state index in [-0.39, 0.29) is 30.6 Å². The summed E-state index contributed by atoms with van der Waals surface area (Å²) in [4.78, 5) is 26.5. The number of rotatable bonds is 6. The first-order valence-electron chi connectivity index (χ1n) is 9.09. The van der Waals surface area contributed by atoms with E-state index in [1.165, 1.54) is 0 Å². The molecule has 1 aliphatic rings. The van der Waals surface area contributed by atoms with Crippen molar-refractivity contribution in [3.8, 4) is 0 Å². The molecule has 3 N–H and O–H groups in total. The number of likely N-dealkylation sites (tertiary alicyclic amines) is 1. The Kier molecular flexibility index (Phi) is 7.20. The molecule has 8 nitrogen and oxygen atoms in total. The first-order chi connectivity index (χ1) is 12.7. The van der Waals surface area contributed by atoms with Gasteiger partial charge in [-0.3, -0.25) is 4.79 Å². The van der Waals surface area contributed by atoms with Gasteiger partial charge < -0.3 is 15.5 Å². The second-order valence-corrected chi connectivity index (χ2v) is 8.94. The number of hydrogen-bond acceptors (Lipinski definition) is 4. The molecule has 150 valence electrons. The van der Waals surface area contributed by atoms with Crippen LogP contribution in [-0.2, 0) is 10.0 Å². The van der Waals surface area contributed by atoms with Gasteiger partial charge in [0.25, 0.3) is 5.91 Å². The monoisotopic (exact) mass is 396 g/mol. The Hall–Kier alpha value is -2.13. The molecule has 1 aromatic carbocycles. The van der Waals surface area contributed by atoms with E-state index in [0.717, 1.165) is 25.5 Å². The lowest BCUT2D eigenvalue weighted by Crippen LogP contribution is -2.49. The molecule has 0 aromatic heterocycles. The van der Waals surface area contributed by atoms with Crippen LogP contribution in [0, 0.1) is 0 Å². The maximum Gasteiger partial charge on any atom is 0.319 e. The minimum atomic E-state index is -3.31. The SMILES string of the molecule is CC(C)NC(=O)Nc1cccc(C(=O)N2CCCC[C@H]2CNS(C)(=O)=O)c1. The Morgan fingerprint density at radius 1 is 1.26 bits per heavy atom. The van der Waals surface area contributed by atoms with Gasteiger partial charge >= 0.3 is 6.03 Å². The summed E-state index contributed by atoms with van der Waals surface area (Å²) in [6.45, 7) is 4.51. The van der Waals surface area contributed by atoms with Gasteiger partial charge in [-0.05, 0) is 51.3 Å². The number of nitrogens with one attached hydrogen (secondary N) is 3. The van der Waals surface area contributed by atoms with Crippen LogP contribution in [0.4, 0.5) is 10.5 Å². The number of anilines is 1. The summed E-state index contributed by atoms with van der Waals surface area (Å²) in [7, 11) is -3.31. The molecule has 1 heterocycles. The van der Waals surface area contributed by atoms with E-state index >= 15 is 0 Å². The van der Waals surface area contributed by atoms with Gasteiger partial charge in [0.15, 0.2) is 0 Å². The van der Waals surface area contributed by atoms with Crippen LogP contribution in [0.1, 0.15) is 43.5 Å². The highest BCUT2D eigenvalue weighted by Gasteiger charge is 2.28. The van der Waals surface area contributed by atoms with Gasteiger partial charge in [-0.2, -0.15) is 0 Å². The smallest absolute Gasteiger partial charge is 0.319 e. The van der Waals surface area contributed by atoms with Gasteiger partial charge in [0.1, 0.15) is 0 Å². The zero-order valence-electron chi connectivity index (χ0n) is 16.0. The van der Waals surface area contributed by atoms with Crippen LogP contribution < -0.4 is 15.4 Å². The molecule has 9 heteroatoms. The third-order valence-corrected chi connectivity index (χ3v) is 4.95. The standard InChI is InChI=1S/C18H28N4O4S/c1-13(2)20-18(24)21-15-8-6-7-14(11-15)17(23)22-10-5-4-9-16(22)12-19-27(3,25)26/h6-8,11,13,16,19H,4-5,9-10,12H2,1-3H3,(H2,20,21,24)/t16-/m0/s1. The first-order valence-corrected chi connectivity index (χ1v) is 11.0. The third kappa shape index (κ3) is 6.84. The number of hydrogen-bond donors (Lipinski definition) is 3. The maximum atomic E-state index is 13.0. The average molecular weight is 397 g/mol. The molecule has 3 amide bonds. The average Bonchev–Trinajstić information content (AvgIpc) is 2.58. The predicted molar refractivity (Wildman–Crippen MR) is 105 cm³/mol. The number of carbonyl (C=O) groups is 2. The van der Waals surface area contributed by atoms with Crippen molar-refractivity contribution in [3.63, 3.8) is 0 Å². The van der Waals surface area contributed by atoms with Crippen molar-refractivity contribution in [2.75, 3.05) is 24.7 Å². The number of benzene rings is 1. The summed E-state index contributed by atoms with van der Waals surface area (Å²) in [5, 5.41) is 5.45. The molecule has 27 heavy (non-hydrogen) atoms.